The van der Waals surface area contributed by atoms with Crippen molar-refractivity contribution in [3.63, 3.8) is 0 Å². The molecule has 24 heavy (non-hydrogen) atoms. The van der Waals surface area contributed by atoms with E-state index in [0.717, 1.165) is 22.6 Å². The van der Waals surface area contributed by atoms with Crippen LogP contribution >= 0.6 is 11.3 Å². The van der Waals surface area contributed by atoms with Crippen molar-refractivity contribution in [2.45, 2.75) is 33.3 Å². The first-order valence-corrected chi connectivity index (χ1v) is 8.34. The highest BCUT2D eigenvalue weighted by Crippen LogP contribution is 2.26. The van der Waals surface area contributed by atoms with E-state index in [2.05, 4.69) is 11.1 Å². The molecule has 2 aromatic rings. The molecule has 1 heterocycles. The fourth-order valence-corrected chi connectivity index (χ4v) is 3.08. The third kappa shape index (κ3) is 4.21. The van der Waals surface area contributed by atoms with Crippen LogP contribution in [-0.4, -0.2) is 22.2 Å². The molecule has 0 aliphatic carbocycles. The number of ether oxygens (including phenoxy) is 1. The zero-order chi connectivity index (χ0) is 17.7. The Bertz CT molecular complexity index is 818. The molecule has 0 aliphatic rings. The second kappa shape index (κ2) is 7.75. The molecule has 0 bridgehead atoms. The molecule has 2 rings (SSSR count). The molecule has 0 unspecified atom stereocenters. The average molecular weight is 342 g/mol. The number of aromatic nitrogens is 1. The number of nitrogens with zero attached hydrogens (tertiary/aromatic N) is 2. The molecule has 1 atom stereocenters. The molecule has 0 aliphatic heterocycles. The molecule has 1 N–H and O–H groups in total. The zero-order valence-electron chi connectivity index (χ0n) is 13.7. The molecule has 0 saturated heterocycles. The van der Waals surface area contributed by atoms with Crippen LogP contribution in [0.3, 0.4) is 0 Å². The minimum absolute atomic E-state index is 0.445. The van der Waals surface area contributed by atoms with E-state index in [1.807, 2.05) is 19.9 Å². The zero-order valence-corrected chi connectivity index (χ0v) is 14.6. The van der Waals surface area contributed by atoms with Crippen LogP contribution in [0.4, 0.5) is 0 Å². The van der Waals surface area contributed by atoms with Crippen LogP contribution < -0.4 is 4.74 Å². The van der Waals surface area contributed by atoms with Crippen molar-refractivity contribution < 1.29 is 14.6 Å². The predicted octanol–water partition coefficient (Wildman–Crippen LogP) is 3.93. The maximum atomic E-state index is 10.9. The van der Waals surface area contributed by atoms with Gasteiger partial charge in [-0.25, -0.2) is 9.78 Å². The Hall–Kier alpha value is -2.65. The Balaban J connectivity index is 2.31. The monoisotopic (exact) mass is 342 g/mol. The second-order valence-electron chi connectivity index (χ2n) is 5.22. The first kappa shape index (κ1) is 17.7. The number of aliphatic carboxylic acids is 1. The van der Waals surface area contributed by atoms with E-state index in [-0.39, 0.29) is 0 Å². The van der Waals surface area contributed by atoms with Gasteiger partial charge < -0.3 is 9.84 Å². The summed E-state index contributed by atoms with van der Waals surface area (Å²) in [5.74, 6) is -0.584. The third-order valence-corrected chi connectivity index (χ3v) is 4.45. The minimum atomic E-state index is -1.03. The summed E-state index contributed by atoms with van der Waals surface area (Å²) < 4.78 is 5.35. The average Bonchev–Trinajstić information content (AvgIpc) is 2.93. The maximum absolute atomic E-state index is 10.9. The summed E-state index contributed by atoms with van der Waals surface area (Å²) in [5.41, 5.74) is 2.24. The molecule has 0 fully saturated rings. The van der Waals surface area contributed by atoms with Gasteiger partial charge in [0.1, 0.15) is 16.8 Å². The summed E-state index contributed by atoms with van der Waals surface area (Å²) in [4.78, 5) is 16.5. The fraction of sp³-hybridized carbons (Fsp3) is 0.278. The van der Waals surface area contributed by atoms with Crippen LogP contribution in [0.25, 0.3) is 11.6 Å². The predicted molar refractivity (Wildman–Crippen MR) is 93.9 cm³/mol. The molecular weight excluding hydrogens is 324 g/mol. The fourth-order valence-electron chi connectivity index (χ4n) is 2.11. The summed E-state index contributed by atoms with van der Waals surface area (Å²) in [7, 11) is 0. The maximum Gasteiger partial charge on any atom is 0.344 e. The van der Waals surface area contributed by atoms with Crippen molar-refractivity contribution in [1.29, 1.82) is 5.26 Å². The Morgan fingerprint density at radius 2 is 2.29 bits per heavy atom. The van der Waals surface area contributed by atoms with Crippen molar-refractivity contribution in [2.24, 2.45) is 0 Å². The first-order chi connectivity index (χ1) is 11.4. The number of carboxylic acid groups (broad SMARTS) is 1. The van der Waals surface area contributed by atoms with Gasteiger partial charge in [0.2, 0.25) is 0 Å². The molecule has 1 aromatic carbocycles. The molecule has 0 saturated carbocycles. The van der Waals surface area contributed by atoms with Crippen LogP contribution in [0.1, 0.15) is 35.0 Å². The minimum Gasteiger partial charge on any atom is -0.479 e. The number of nitriles is 1. The normalized spacial score (nSPS) is 12.5. The van der Waals surface area contributed by atoms with E-state index in [9.17, 15) is 10.1 Å². The molecular formula is C18H18N2O3S. The SMILES string of the molecule is CCc1nc(/C(C#N)=C/c2cccc(O[C@@H](C)C(=O)O)c2)sc1C. The Morgan fingerprint density at radius 3 is 2.88 bits per heavy atom. The molecule has 1 aromatic heterocycles. The van der Waals surface area contributed by atoms with Crippen LogP contribution in [0, 0.1) is 18.3 Å². The Morgan fingerprint density at radius 1 is 1.54 bits per heavy atom. The largest absolute Gasteiger partial charge is 0.479 e. The van der Waals surface area contributed by atoms with Gasteiger partial charge in [0.05, 0.1) is 11.3 Å². The molecule has 124 valence electrons. The first-order valence-electron chi connectivity index (χ1n) is 7.52. The van der Waals surface area contributed by atoms with Crippen molar-refractivity contribution >= 4 is 29.0 Å². The summed E-state index contributed by atoms with van der Waals surface area (Å²) in [5, 5.41) is 19.0. The number of hydrogen-bond donors (Lipinski definition) is 1. The summed E-state index contributed by atoms with van der Waals surface area (Å²) in [6.45, 7) is 5.50. The number of allylic oxidation sites excluding steroid dienone is 1. The van der Waals surface area contributed by atoms with E-state index in [1.54, 1.807) is 24.3 Å². The topological polar surface area (TPSA) is 83.2 Å². The third-order valence-electron chi connectivity index (χ3n) is 3.41. The van der Waals surface area contributed by atoms with E-state index in [0.29, 0.717) is 16.3 Å². The number of carbonyl (C=O) groups is 1. The highest BCUT2D eigenvalue weighted by atomic mass is 32.1. The number of rotatable bonds is 6. The summed E-state index contributed by atoms with van der Waals surface area (Å²) >= 11 is 1.50. The van der Waals surface area contributed by atoms with E-state index >= 15 is 0 Å². The molecule has 0 spiro atoms. The number of thiazole rings is 1. The van der Waals surface area contributed by atoms with E-state index < -0.39 is 12.1 Å². The Labute approximate surface area is 144 Å². The molecule has 6 heteroatoms. The highest BCUT2D eigenvalue weighted by Gasteiger charge is 2.13. The second-order valence-corrected chi connectivity index (χ2v) is 6.42. The van der Waals surface area contributed by atoms with Gasteiger partial charge in [-0.15, -0.1) is 11.3 Å². The van der Waals surface area contributed by atoms with Gasteiger partial charge in [-0.2, -0.15) is 5.26 Å². The van der Waals surface area contributed by atoms with Gasteiger partial charge >= 0.3 is 5.97 Å². The molecule has 5 nitrogen and oxygen atoms in total. The van der Waals surface area contributed by atoms with Crippen molar-refractivity contribution in [3.8, 4) is 11.8 Å². The number of aryl methyl sites for hydroxylation is 2. The van der Waals surface area contributed by atoms with Crippen molar-refractivity contribution in [1.82, 2.24) is 4.98 Å². The highest BCUT2D eigenvalue weighted by molar-refractivity contribution is 7.12. The summed E-state index contributed by atoms with van der Waals surface area (Å²) in [6.07, 6.45) is 1.63. The lowest BCUT2D eigenvalue weighted by molar-refractivity contribution is -0.144. The van der Waals surface area contributed by atoms with Gasteiger partial charge in [-0.1, -0.05) is 19.1 Å². The van der Waals surface area contributed by atoms with Gasteiger partial charge in [0, 0.05) is 4.88 Å². The van der Waals surface area contributed by atoms with Gasteiger partial charge in [-0.05, 0) is 44.0 Å². The van der Waals surface area contributed by atoms with E-state index in [1.165, 1.54) is 18.3 Å². The lowest BCUT2D eigenvalue weighted by atomic mass is 10.1. The smallest absolute Gasteiger partial charge is 0.344 e. The Kier molecular flexibility index (Phi) is 5.72. The number of carboxylic acids is 1. The van der Waals surface area contributed by atoms with Gasteiger partial charge in [0.15, 0.2) is 6.10 Å². The van der Waals surface area contributed by atoms with E-state index in [4.69, 9.17) is 9.84 Å². The lowest BCUT2D eigenvalue weighted by Crippen LogP contribution is -2.22. The quantitative estimate of drug-likeness (QED) is 0.804. The van der Waals surface area contributed by atoms with Crippen molar-refractivity contribution in [3.05, 3.63) is 45.4 Å². The van der Waals surface area contributed by atoms with Crippen LogP contribution in [-0.2, 0) is 11.2 Å². The number of hydrogen-bond acceptors (Lipinski definition) is 5. The van der Waals surface area contributed by atoms with Crippen LogP contribution in [0.2, 0.25) is 0 Å². The van der Waals surface area contributed by atoms with Gasteiger partial charge in [-0.3, -0.25) is 0 Å². The van der Waals surface area contributed by atoms with Gasteiger partial charge in [0.25, 0.3) is 0 Å². The molecule has 0 amide bonds. The standard InChI is InChI=1S/C18H18N2O3S/c1-4-16-12(3)24-17(20-16)14(10-19)8-13-6-5-7-15(9-13)23-11(2)18(21)22/h5-9,11H,4H2,1-3H3,(H,21,22)/b14-8+/t11-/m0/s1. The lowest BCUT2D eigenvalue weighted by Gasteiger charge is -2.10. The molecule has 0 radical (unpaired) electrons. The van der Waals surface area contributed by atoms with Crippen LogP contribution in [0.5, 0.6) is 5.75 Å². The van der Waals surface area contributed by atoms with Crippen molar-refractivity contribution in [2.75, 3.05) is 0 Å². The number of benzene rings is 1. The summed E-state index contributed by atoms with van der Waals surface area (Å²) in [6, 6.07) is 9.17. The van der Waals surface area contributed by atoms with Crippen LogP contribution in [0.15, 0.2) is 24.3 Å².